The maximum absolute atomic E-state index is 12.3. The first-order valence-electron chi connectivity index (χ1n) is 7.33. The van der Waals surface area contributed by atoms with Gasteiger partial charge in [-0.3, -0.25) is 4.79 Å². The summed E-state index contributed by atoms with van der Waals surface area (Å²) in [7, 11) is 0. The molecule has 114 valence electrons. The van der Waals surface area contributed by atoms with Crippen LogP contribution in [0, 0.1) is 0 Å². The number of nitrogens with zero attached hydrogens (tertiary/aromatic N) is 1. The van der Waals surface area contributed by atoms with Gasteiger partial charge in [0.1, 0.15) is 0 Å². The number of carbonyl (C=O) groups excluding carboxylic acids is 1. The lowest BCUT2D eigenvalue weighted by molar-refractivity contribution is -0.139. The van der Waals surface area contributed by atoms with Crippen LogP contribution in [0.2, 0.25) is 0 Å². The van der Waals surface area contributed by atoms with Crippen LogP contribution in [0.1, 0.15) is 51.9 Å². The van der Waals surface area contributed by atoms with Gasteiger partial charge in [-0.05, 0) is 26.2 Å². The minimum absolute atomic E-state index is 0.0248. The number of amides is 2. The van der Waals surface area contributed by atoms with Crippen molar-refractivity contribution in [3.8, 4) is 0 Å². The second kappa shape index (κ2) is 5.60. The second-order valence-electron chi connectivity index (χ2n) is 6.51. The molecule has 6 heteroatoms. The first-order chi connectivity index (χ1) is 9.32. The highest BCUT2D eigenvalue weighted by molar-refractivity contribution is 5.77. The summed E-state index contributed by atoms with van der Waals surface area (Å²) in [6.45, 7) is 2.54. The number of carboxylic acids is 1. The number of carboxylic acid groups (broad SMARTS) is 1. The molecule has 0 aromatic heterocycles. The number of nitrogens with one attached hydrogen (secondary N) is 1. The van der Waals surface area contributed by atoms with E-state index in [0.29, 0.717) is 19.5 Å². The lowest BCUT2D eigenvalue weighted by Crippen LogP contribution is -2.55. The summed E-state index contributed by atoms with van der Waals surface area (Å²) in [5.41, 5.74) is -1.44. The third kappa shape index (κ3) is 3.62. The molecule has 2 amide bonds. The van der Waals surface area contributed by atoms with E-state index in [0.717, 1.165) is 32.1 Å². The van der Waals surface area contributed by atoms with Gasteiger partial charge in [-0.25, -0.2) is 4.79 Å². The SMILES string of the molecule is CC1(O)CCN(C(=O)NC2(CC(=O)O)CCCCC2)C1. The second-order valence-corrected chi connectivity index (χ2v) is 6.51. The van der Waals surface area contributed by atoms with Crippen LogP contribution in [0.3, 0.4) is 0 Å². The maximum Gasteiger partial charge on any atom is 0.317 e. The zero-order chi connectivity index (χ0) is 14.8. The summed E-state index contributed by atoms with van der Waals surface area (Å²) in [6.07, 6.45) is 4.96. The number of aliphatic carboxylic acids is 1. The quantitative estimate of drug-likeness (QED) is 0.729. The van der Waals surface area contributed by atoms with E-state index in [1.165, 1.54) is 0 Å². The van der Waals surface area contributed by atoms with Crippen LogP contribution in [-0.2, 0) is 4.79 Å². The maximum atomic E-state index is 12.3. The van der Waals surface area contributed by atoms with E-state index in [9.17, 15) is 14.7 Å². The van der Waals surface area contributed by atoms with Crippen LogP contribution < -0.4 is 5.32 Å². The van der Waals surface area contributed by atoms with Gasteiger partial charge in [-0.2, -0.15) is 0 Å². The molecular weight excluding hydrogens is 260 g/mol. The van der Waals surface area contributed by atoms with Gasteiger partial charge in [0, 0.05) is 6.54 Å². The van der Waals surface area contributed by atoms with Gasteiger partial charge in [0.25, 0.3) is 0 Å². The normalized spacial score (nSPS) is 29.2. The molecule has 0 aromatic rings. The molecule has 20 heavy (non-hydrogen) atoms. The summed E-state index contributed by atoms with van der Waals surface area (Å²) in [5.74, 6) is -0.874. The Kier molecular flexibility index (Phi) is 4.22. The molecule has 2 rings (SSSR count). The van der Waals surface area contributed by atoms with E-state index >= 15 is 0 Å². The molecule has 1 saturated heterocycles. The summed E-state index contributed by atoms with van der Waals surface area (Å²) in [6, 6.07) is -0.245. The van der Waals surface area contributed by atoms with Crippen molar-refractivity contribution in [1.29, 1.82) is 0 Å². The minimum atomic E-state index is -0.874. The van der Waals surface area contributed by atoms with E-state index in [-0.39, 0.29) is 12.5 Å². The first-order valence-corrected chi connectivity index (χ1v) is 7.33. The van der Waals surface area contributed by atoms with E-state index in [2.05, 4.69) is 5.32 Å². The molecule has 0 radical (unpaired) electrons. The fourth-order valence-corrected chi connectivity index (χ4v) is 3.29. The van der Waals surface area contributed by atoms with Gasteiger partial charge in [0.15, 0.2) is 0 Å². The summed E-state index contributed by atoms with van der Waals surface area (Å²) < 4.78 is 0. The van der Waals surface area contributed by atoms with Crippen molar-refractivity contribution >= 4 is 12.0 Å². The van der Waals surface area contributed by atoms with Gasteiger partial charge in [-0.1, -0.05) is 19.3 Å². The molecule has 1 heterocycles. The molecule has 0 spiro atoms. The Balaban J connectivity index is 2.00. The van der Waals surface area contributed by atoms with Gasteiger partial charge in [-0.15, -0.1) is 0 Å². The van der Waals surface area contributed by atoms with Crippen LogP contribution in [0.15, 0.2) is 0 Å². The number of aliphatic hydroxyl groups is 1. The van der Waals surface area contributed by atoms with Crippen molar-refractivity contribution < 1.29 is 19.8 Å². The summed E-state index contributed by atoms with van der Waals surface area (Å²) in [5, 5.41) is 21.9. The monoisotopic (exact) mass is 284 g/mol. The Bertz CT molecular complexity index is 389. The first kappa shape index (κ1) is 15.1. The third-order valence-corrected chi connectivity index (χ3v) is 4.41. The zero-order valence-corrected chi connectivity index (χ0v) is 12.0. The number of urea groups is 1. The smallest absolute Gasteiger partial charge is 0.317 e. The molecular formula is C14H24N2O4. The topological polar surface area (TPSA) is 89.9 Å². The molecule has 6 nitrogen and oxygen atoms in total. The van der Waals surface area contributed by atoms with Crippen molar-refractivity contribution in [3.05, 3.63) is 0 Å². The van der Waals surface area contributed by atoms with Gasteiger partial charge >= 0.3 is 12.0 Å². The van der Waals surface area contributed by atoms with E-state index in [1.54, 1.807) is 11.8 Å². The largest absolute Gasteiger partial charge is 0.481 e. The van der Waals surface area contributed by atoms with E-state index in [1.807, 2.05) is 0 Å². The lowest BCUT2D eigenvalue weighted by atomic mass is 9.79. The number of rotatable bonds is 3. The number of likely N-dealkylation sites (tertiary alicyclic amines) is 1. The van der Waals surface area contributed by atoms with E-state index in [4.69, 9.17) is 5.11 Å². The van der Waals surface area contributed by atoms with Gasteiger partial charge in [0.05, 0.1) is 24.1 Å². The Labute approximate surface area is 119 Å². The fraction of sp³-hybridized carbons (Fsp3) is 0.857. The molecule has 1 atom stereocenters. The molecule has 1 unspecified atom stereocenters. The van der Waals surface area contributed by atoms with Crippen LogP contribution in [0.5, 0.6) is 0 Å². The van der Waals surface area contributed by atoms with Crippen LogP contribution >= 0.6 is 0 Å². The number of hydrogen-bond donors (Lipinski definition) is 3. The predicted octanol–water partition coefficient (Wildman–Crippen LogP) is 1.33. The van der Waals surface area contributed by atoms with Crippen LogP contribution in [-0.4, -0.2) is 51.3 Å². The Hall–Kier alpha value is -1.30. The molecule has 2 aliphatic rings. The molecule has 0 bridgehead atoms. The standard InChI is InChI=1S/C14H24N2O4/c1-13(20)7-8-16(10-13)12(19)15-14(9-11(17)18)5-3-2-4-6-14/h20H,2-10H2,1H3,(H,15,19)(H,17,18). The number of β-amino-alcohol motifs (C(OH)–C–C–N with tert-alkyl or cyclic N) is 1. The Morgan fingerprint density at radius 1 is 1.20 bits per heavy atom. The zero-order valence-electron chi connectivity index (χ0n) is 12.0. The molecule has 0 aromatic carbocycles. The molecule has 1 aliphatic carbocycles. The molecule has 3 N–H and O–H groups in total. The number of hydrogen-bond acceptors (Lipinski definition) is 3. The molecule has 1 saturated carbocycles. The predicted molar refractivity (Wildman–Crippen MR) is 73.4 cm³/mol. The van der Waals surface area contributed by atoms with Crippen molar-refractivity contribution in [3.63, 3.8) is 0 Å². The van der Waals surface area contributed by atoms with E-state index < -0.39 is 17.1 Å². The van der Waals surface area contributed by atoms with Crippen LogP contribution in [0.25, 0.3) is 0 Å². The summed E-state index contributed by atoms with van der Waals surface area (Å²) in [4.78, 5) is 25.0. The Morgan fingerprint density at radius 3 is 2.35 bits per heavy atom. The van der Waals surface area contributed by atoms with Crippen molar-refractivity contribution in [2.45, 2.75) is 63.0 Å². The van der Waals surface area contributed by atoms with Crippen molar-refractivity contribution in [1.82, 2.24) is 10.2 Å². The Morgan fingerprint density at radius 2 is 1.85 bits per heavy atom. The van der Waals surface area contributed by atoms with Gasteiger partial charge < -0.3 is 20.4 Å². The average molecular weight is 284 g/mol. The van der Waals surface area contributed by atoms with Crippen LogP contribution in [0.4, 0.5) is 4.79 Å². The average Bonchev–Trinajstić information content (AvgIpc) is 2.69. The molecule has 2 fully saturated rings. The fourth-order valence-electron chi connectivity index (χ4n) is 3.29. The third-order valence-electron chi connectivity index (χ3n) is 4.41. The highest BCUT2D eigenvalue weighted by atomic mass is 16.4. The highest BCUT2D eigenvalue weighted by Gasteiger charge is 2.40. The van der Waals surface area contributed by atoms with Crippen molar-refractivity contribution in [2.24, 2.45) is 0 Å². The van der Waals surface area contributed by atoms with Gasteiger partial charge in [0.2, 0.25) is 0 Å². The highest BCUT2D eigenvalue weighted by Crippen LogP contribution is 2.32. The van der Waals surface area contributed by atoms with Crippen molar-refractivity contribution in [2.75, 3.05) is 13.1 Å². The molecule has 1 aliphatic heterocycles. The summed E-state index contributed by atoms with van der Waals surface area (Å²) >= 11 is 0. The number of carbonyl (C=O) groups is 2. The minimum Gasteiger partial charge on any atom is -0.481 e. The lowest BCUT2D eigenvalue weighted by Gasteiger charge is -2.38.